The van der Waals surface area contributed by atoms with Crippen LogP contribution in [0.3, 0.4) is 0 Å². The molecule has 2 aromatic rings. The van der Waals surface area contributed by atoms with E-state index in [2.05, 4.69) is 88.9 Å². The lowest BCUT2D eigenvalue weighted by molar-refractivity contribution is -0.180. The number of hydrogen-bond donors (Lipinski definition) is 2. The van der Waals surface area contributed by atoms with Crippen LogP contribution in [0.2, 0.25) is 0 Å². The van der Waals surface area contributed by atoms with Crippen LogP contribution >= 0.6 is 0 Å². The Morgan fingerprint density at radius 3 is 1.58 bits per heavy atom. The second-order valence-corrected chi connectivity index (χ2v) is 24.1. The Hall–Kier alpha value is -2.78. The minimum absolute atomic E-state index is 0.0269. The first-order valence-corrected chi connectivity index (χ1v) is 25.4. The molecule has 8 heteroatoms. The fraction of sp³-hybridized carbons (Fsp3) is 0.741. The van der Waals surface area contributed by atoms with Crippen molar-refractivity contribution in [3.63, 3.8) is 0 Å². The molecule has 0 aromatic heterocycles. The number of benzene rings is 2. The van der Waals surface area contributed by atoms with Gasteiger partial charge >= 0.3 is 0 Å². The van der Waals surface area contributed by atoms with Gasteiger partial charge in [-0.1, -0.05) is 54.6 Å². The molecular formula is C54H74N4O4. The quantitative estimate of drug-likeness (QED) is 0.214. The van der Waals surface area contributed by atoms with E-state index in [1.165, 1.54) is 81.4 Å². The van der Waals surface area contributed by atoms with Gasteiger partial charge in [-0.05, 0) is 204 Å². The highest BCUT2D eigenvalue weighted by atomic mass is 16.5. The zero-order chi connectivity index (χ0) is 42.0. The van der Waals surface area contributed by atoms with E-state index in [9.17, 15) is 4.79 Å². The first kappa shape index (κ1) is 40.7. The van der Waals surface area contributed by atoms with Gasteiger partial charge in [0, 0.05) is 38.4 Å². The van der Waals surface area contributed by atoms with Crippen molar-refractivity contribution in [3.8, 4) is 0 Å². The van der Waals surface area contributed by atoms with E-state index in [1.54, 1.807) is 0 Å². The summed E-state index contributed by atoms with van der Waals surface area (Å²) in [5, 5.41) is 7.55. The molecule has 6 saturated heterocycles. The van der Waals surface area contributed by atoms with Crippen molar-refractivity contribution < 1.29 is 19.1 Å². The number of carbonyl (C=O) groups excluding carboxylic acids is 2. The van der Waals surface area contributed by atoms with Crippen molar-refractivity contribution >= 4 is 11.8 Å². The highest BCUT2D eigenvalue weighted by molar-refractivity contribution is 5.85. The average molecular weight is 843 g/mol. The average Bonchev–Trinajstić information content (AvgIpc) is 3.28. The summed E-state index contributed by atoms with van der Waals surface area (Å²) >= 11 is 0. The first-order chi connectivity index (χ1) is 30.0. The van der Waals surface area contributed by atoms with Gasteiger partial charge in [-0.2, -0.15) is 0 Å². The molecule has 8 aliphatic carbocycles. The van der Waals surface area contributed by atoms with E-state index < -0.39 is 5.41 Å². The molecule has 2 aromatic carbocycles. The molecule has 14 aliphatic rings. The van der Waals surface area contributed by atoms with Crippen molar-refractivity contribution in [1.29, 1.82) is 0 Å². The van der Waals surface area contributed by atoms with Crippen molar-refractivity contribution in [2.75, 3.05) is 65.7 Å². The van der Waals surface area contributed by atoms with E-state index in [0.717, 1.165) is 97.1 Å². The molecule has 16 rings (SSSR count). The number of ether oxygens (including phenoxy) is 2. The Bertz CT molecular complexity index is 2050. The summed E-state index contributed by atoms with van der Waals surface area (Å²) in [7, 11) is 0. The number of fused-ring (bicyclic) bond motifs is 6. The number of amides is 2. The number of carbonyl (C=O) groups is 2. The van der Waals surface area contributed by atoms with Crippen molar-refractivity contribution in [3.05, 3.63) is 71.3 Å². The van der Waals surface area contributed by atoms with Gasteiger partial charge in [0.25, 0.3) is 0 Å². The van der Waals surface area contributed by atoms with Gasteiger partial charge in [0.15, 0.2) is 0 Å². The molecule has 2 amide bonds. The third-order valence-electron chi connectivity index (χ3n) is 20.0. The van der Waals surface area contributed by atoms with E-state index in [0.29, 0.717) is 42.2 Å². The predicted octanol–water partition coefficient (Wildman–Crippen LogP) is 7.92. The largest absolute Gasteiger partial charge is 0.381 e. The Balaban J connectivity index is 0.900. The molecule has 6 heterocycles. The maximum atomic E-state index is 15.4. The predicted molar refractivity (Wildman–Crippen MR) is 242 cm³/mol. The molecule has 10 atom stereocenters. The minimum Gasteiger partial charge on any atom is -0.381 e. The maximum Gasteiger partial charge on any atom is 0.226 e. The van der Waals surface area contributed by atoms with Gasteiger partial charge in [-0.25, -0.2) is 0 Å². The van der Waals surface area contributed by atoms with E-state index >= 15 is 4.79 Å². The number of nitrogens with zero attached hydrogens (tertiary/aromatic N) is 2. The van der Waals surface area contributed by atoms with E-state index in [4.69, 9.17) is 9.47 Å². The summed E-state index contributed by atoms with van der Waals surface area (Å²) < 4.78 is 12.9. The van der Waals surface area contributed by atoms with Crippen LogP contribution in [0.1, 0.15) is 133 Å². The SMILES string of the molecule is CCOC[C@]12CC3CC(C(=O)N[C@@H]4CN5CCC4CC5)(C1)C[C@@](c1ccc(C45CC6(C(=O)N[C@@H]7CN8CCC7CC8)C[C@@](COCC)(C4)C[C@](c4ccccc4)(C6)C5)cc1)(C3)C2. The summed E-state index contributed by atoms with van der Waals surface area (Å²) in [6.45, 7) is 13.9. The lowest BCUT2D eigenvalue weighted by Gasteiger charge is -2.70. The van der Waals surface area contributed by atoms with Crippen LogP contribution in [0, 0.1) is 39.4 Å². The second-order valence-electron chi connectivity index (χ2n) is 24.1. The van der Waals surface area contributed by atoms with Gasteiger partial charge in [0.2, 0.25) is 11.8 Å². The maximum absolute atomic E-state index is 15.4. The van der Waals surface area contributed by atoms with Crippen LogP contribution in [-0.2, 0) is 35.3 Å². The minimum atomic E-state index is -0.438. The van der Waals surface area contributed by atoms with Crippen LogP contribution in [0.15, 0.2) is 54.6 Å². The first-order valence-electron chi connectivity index (χ1n) is 25.4. The number of piperidine rings is 6. The fourth-order valence-corrected chi connectivity index (χ4v) is 18.7. The Kier molecular flexibility index (Phi) is 9.59. The molecule has 6 aliphatic heterocycles. The third-order valence-corrected chi connectivity index (χ3v) is 20.0. The Morgan fingerprint density at radius 2 is 1.03 bits per heavy atom. The van der Waals surface area contributed by atoms with Crippen LogP contribution < -0.4 is 10.6 Å². The van der Waals surface area contributed by atoms with Crippen LogP contribution in [0.25, 0.3) is 0 Å². The van der Waals surface area contributed by atoms with Crippen LogP contribution in [0.4, 0.5) is 0 Å². The highest BCUT2D eigenvalue weighted by Crippen LogP contribution is 2.75. The van der Waals surface area contributed by atoms with Crippen LogP contribution in [-0.4, -0.2) is 99.4 Å². The molecule has 62 heavy (non-hydrogen) atoms. The topological polar surface area (TPSA) is 83.1 Å². The van der Waals surface area contributed by atoms with E-state index in [-0.39, 0.29) is 38.5 Å². The fourth-order valence-electron chi connectivity index (χ4n) is 18.7. The third kappa shape index (κ3) is 6.39. The lowest BCUT2D eigenvalue weighted by atomic mass is 9.33. The standard InChI is InChI=1S/C54H74N4O4/c1-3-61-36-48-22-38-23-50(27-48,32-51(24-38,28-48)46(59)55-44-25-57-18-14-39(44)15-19-57)42-10-12-43(13-11-42)53-30-49(37-62-4-2)29-52(33-53,41-8-6-5-7-9-41)34-54(31-49,35-53)47(60)56-45-26-58-20-16-40(45)17-21-58/h5-13,38-40,44-45H,3-4,14-37H2,1-2H3,(H,55,59)(H,56,60)/t38?,44-,45-,48+,49+,50-,51?,52-,53?,54?/m1/s1. The van der Waals surface area contributed by atoms with Gasteiger partial charge in [-0.15, -0.1) is 0 Å². The lowest BCUT2D eigenvalue weighted by Crippen LogP contribution is -2.69. The monoisotopic (exact) mass is 843 g/mol. The molecule has 0 radical (unpaired) electrons. The van der Waals surface area contributed by atoms with Crippen molar-refractivity contribution in [1.82, 2.24) is 20.4 Å². The summed E-state index contributed by atoms with van der Waals surface area (Å²) in [6, 6.07) is 21.9. The second kappa shape index (κ2) is 14.6. The van der Waals surface area contributed by atoms with Gasteiger partial charge in [0.05, 0.1) is 24.0 Å². The smallest absolute Gasteiger partial charge is 0.226 e. The number of rotatable bonds is 13. The summed E-state index contributed by atoms with van der Waals surface area (Å²) in [5.41, 5.74) is 3.25. The highest BCUT2D eigenvalue weighted by Gasteiger charge is 2.71. The Morgan fingerprint density at radius 1 is 0.548 bits per heavy atom. The van der Waals surface area contributed by atoms with Crippen molar-refractivity contribution in [2.24, 2.45) is 39.4 Å². The number of nitrogens with one attached hydrogen (secondary N) is 2. The molecule has 12 bridgehead atoms. The van der Waals surface area contributed by atoms with Crippen LogP contribution in [0.5, 0.6) is 0 Å². The molecule has 8 saturated carbocycles. The zero-order valence-corrected chi connectivity index (χ0v) is 38.0. The molecule has 2 N–H and O–H groups in total. The summed E-state index contributed by atoms with van der Waals surface area (Å²) in [6.07, 6.45) is 17.3. The summed E-state index contributed by atoms with van der Waals surface area (Å²) in [5.74, 6) is 2.45. The van der Waals surface area contributed by atoms with Gasteiger partial charge in [-0.3, -0.25) is 9.59 Å². The molecule has 4 unspecified atom stereocenters. The zero-order valence-electron chi connectivity index (χ0n) is 38.0. The molecule has 14 fully saturated rings. The molecule has 0 spiro atoms. The normalized spacial score (nSPS) is 46.6. The van der Waals surface area contributed by atoms with Gasteiger partial charge < -0.3 is 29.9 Å². The number of hydrogen-bond acceptors (Lipinski definition) is 6. The summed E-state index contributed by atoms with van der Waals surface area (Å²) in [4.78, 5) is 35.4. The van der Waals surface area contributed by atoms with Crippen molar-refractivity contribution in [2.45, 2.75) is 145 Å². The molecular weight excluding hydrogens is 769 g/mol. The molecule has 334 valence electrons. The van der Waals surface area contributed by atoms with E-state index in [1.807, 2.05) is 0 Å². The Labute approximate surface area is 371 Å². The molecule has 8 nitrogen and oxygen atoms in total. The van der Waals surface area contributed by atoms with Gasteiger partial charge in [0.1, 0.15) is 0 Å².